The molecule has 1 amide bonds. The predicted octanol–water partition coefficient (Wildman–Crippen LogP) is 3.80. The van der Waals surface area contributed by atoms with E-state index in [9.17, 15) is 4.79 Å². The summed E-state index contributed by atoms with van der Waals surface area (Å²) in [5, 5.41) is 15.7. The van der Waals surface area contributed by atoms with Crippen LogP contribution in [0.25, 0.3) is 5.69 Å². The molecule has 138 valence electrons. The second-order valence-electron chi connectivity index (χ2n) is 6.26. The van der Waals surface area contributed by atoms with Crippen molar-refractivity contribution < 1.29 is 4.79 Å². The molecule has 0 radical (unpaired) electrons. The molecule has 1 aliphatic rings. The molecule has 1 atom stereocenters. The summed E-state index contributed by atoms with van der Waals surface area (Å²) < 4.78 is 1.61. The van der Waals surface area contributed by atoms with E-state index in [4.69, 9.17) is 11.6 Å². The van der Waals surface area contributed by atoms with E-state index < -0.39 is 0 Å². The van der Waals surface area contributed by atoms with Crippen molar-refractivity contribution >= 4 is 29.3 Å². The number of carbonyl (C=O) groups is 1. The zero-order valence-electron chi connectivity index (χ0n) is 14.7. The molecule has 0 bridgehead atoms. The van der Waals surface area contributed by atoms with E-state index in [-0.39, 0.29) is 11.2 Å². The van der Waals surface area contributed by atoms with Gasteiger partial charge in [0, 0.05) is 11.6 Å². The topological polar surface area (TPSA) is 72.7 Å². The van der Waals surface area contributed by atoms with E-state index >= 15 is 0 Å². The first-order chi connectivity index (χ1) is 12.6. The van der Waals surface area contributed by atoms with Gasteiger partial charge in [0.2, 0.25) is 11.1 Å². The fourth-order valence-electron chi connectivity index (χ4n) is 2.83. The van der Waals surface area contributed by atoms with Crippen LogP contribution in [0.3, 0.4) is 0 Å². The van der Waals surface area contributed by atoms with Crippen molar-refractivity contribution in [3.63, 3.8) is 0 Å². The molecule has 0 aliphatic heterocycles. The fourth-order valence-corrected chi connectivity index (χ4v) is 3.79. The summed E-state index contributed by atoms with van der Waals surface area (Å²) in [6, 6.07) is 7.24. The van der Waals surface area contributed by atoms with Gasteiger partial charge in [0.1, 0.15) is 0 Å². The number of halogens is 1. The zero-order valence-corrected chi connectivity index (χ0v) is 16.3. The normalized spacial score (nSPS) is 15.4. The standard InChI is InChI=1S/C18H22ClN5OS/c1-13(17(25)20-12-11-14-5-3-2-4-6-14)26-18-21-22-23-24(18)16-9-7-15(19)8-10-16/h5,7-10,13H,2-4,6,11-12H2,1H3,(H,20,25)/t13-/m0/s1. The lowest BCUT2D eigenvalue weighted by Gasteiger charge is -2.14. The molecule has 1 aromatic carbocycles. The number of amides is 1. The van der Waals surface area contributed by atoms with E-state index in [2.05, 4.69) is 26.9 Å². The number of rotatable bonds is 7. The highest BCUT2D eigenvalue weighted by Gasteiger charge is 2.19. The zero-order chi connectivity index (χ0) is 18.4. The molecule has 0 spiro atoms. The van der Waals surface area contributed by atoms with Crippen LogP contribution in [0.1, 0.15) is 39.0 Å². The van der Waals surface area contributed by atoms with Gasteiger partial charge in [-0.15, -0.1) is 5.10 Å². The first-order valence-corrected chi connectivity index (χ1v) is 10.1. The van der Waals surface area contributed by atoms with Crippen molar-refractivity contribution in [2.45, 2.75) is 49.4 Å². The van der Waals surface area contributed by atoms with Gasteiger partial charge in [-0.1, -0.05) is 35.0 Å². The lowest BCUT2D eigenvalue weighted by atomic mass is 9.97. The van der Waals surface area contributed by atoms with Gasteiger partial charge in [-0.05, 0) is 73.7 Å². The predicted molar refractivity (Wildman–Crippen MR) is 104 cm³/mol. The van der Waals surface area contributed by atoms with Crippen LogP contribution in [-0.4, -0.2) is 37.9 Å². The van der Waals surface area contributed by atoms with Crippen molar-refractivity contribution in [1.29, 1.82) is 0 Å². The minimum atomic E-state index is -0.285. The second kappa shape index (κ2) is 9.19. The minimum absolute atomic E-state index is 0.00272. The Balaban J connectivity index is 1.53. The summed E-state index contributed by atoms with van der Waals surface area (Å²) in [5.41, 5.74) is 2.27. The lowest BCUT2D eigenvalue weighted by Crippen LogP contribution is -2.32. The highest BCUT2D eigenvalue weighted by atomic mass is 35.5. The average molecular weight is 392 g/mol. The summed E-state index contributed by atoms with van der Waals surface area (Å²) in [4.78, 5) is 12.4. The molecule has 0 saturated heterocycles. The van der Waals surface area contributed by atoms with E-state index in [1.807, 2.05) is 19.1 Å². The molecule has 1 N–H and O–H groups in total. The smallest absolute Gasteiger partial charge is 0.233 e. The molecule has 3 rings (SSSR count). The highest BCUT2D eigenvalue weighted by Crippen LogP contribution is 2.24. The molecule has 0 unspecified atom stereocenters. The Bertz CT molecular complexity index is 774. The van der Waals surface area contributed by atoms with Gasteiger partial charge < -0.3 is 5.32 Å². The monoisotopic (exact) mass is 391 g/mol. The van der Waals surface area contributed by atoms with Crippen LogP contribution >= 0.6 is 23.4 Å². The van der Waals surface area contributed by atoms with Crippen molar-refractivity contribution in [1.82, 2.24) is 25.5 Å². The number of allylic oxidation sites excluding steroid dienone is 1. The molecular weight excluding hydrogens is 370 g/mol. The Kier molecular flexibility index (Phi) is 6.68. The van der Waals surface area contributed by atoms with Crippen LogP contribution in [0.4, 0.5) is 0 Å². The number of nitrogens with one attached hydrogen (secondary N) is 1. The Morgan fingerprint density at radius 1 is 1.35 bits per heavy atom. The molecule has 1 heterocycles. The van der Waals surface area contributed by atoms with Crippen LogP contribution in [0.5, 0.6) is 0 Å². The van der Waals surface area contributed by atoms with E-state index in [1.165, 1.54) is 36.6 Å². The number of hydrogen-bond donors (Lipinski definition) is 1. The Labute approximate surface area is 162 Å². The molecule has 2 aromatic rings. The van der Waals surface area contributed by atoms with Crippen LogP contribution in [0.2, 0.25) is 5.02 Å². The number of hydrogen-bond acceptors (Lipinski definition) is 5. The number of tetrazole rings is 1. The van der Waals surface area contributed by atoms with Crippen LogP contribution in [0, 0.1) is 0 Å². The summed E-state index contributed by atoms with van der Waals surface area (Å²) in [7, 11) is 0. The molecule has 8 heteroatoms. The van der Waals surface area contributed by atoms with Gasteiger partial charge in [-0.25, -0.2) is 0 Å². The lowest BCUT2D eigenvalue weighted by molar-refractivity contribution is -0.120. The van der Waals surface area contributed by atoms with Crippen molar-refractivity contribution in [2.24, 2.45) is 0 Å². The Morgan fingerprint density at radius 3 is 2.88 bits per heavy atom. The highest BCUT2D eigenvalue weighted by molar-refractivity contribution is 8.00. The van der Waals surface area contributed by atoms with Crippen molar-refractivity contribution in [2.75, 3.05) is 6.54 Å². The molecule has 0 saturated carbocycles. The number of nitrogens with zero attached hydrogens (tertiary/aromatic N) is 4. The quantitative estimate of drug-likeness (QED) is 0.574. The van der Waals surface area contributed by atoms with Gasteiger partial charge in [-0.3, -0.25) is 4.79 Å². The largest absolute Gasteiger partial charge is 0.355 e. The first-order valence-electron chi connectivity index (χ1n) is 8.80. The fraction of sp³-hybridized carbons (Fsp3) is 0.444. The van der Waals surface area contributed by atoms with Gasteiger partial charge in [0.15, 0.2) is 0 Å². The van der Waals surface area contributed by atoms with E-state index in [0.717, 1.165) is 18.5 Å². The van der Waals surface area contributed by atoms with E-state index in [1.54, 1.807) is 16.8 Å². The maximum absolute atomic E-state index is 12.4. The third kappa shape index (κ3) is 5.08. The number of aromatic nitrogens is 4. The van der Waals surface area contributed by atoms with Crippen LogP contribution < -0.4 is 5.32 Å². The molecule has 6 nitrogen and oxygen atoms in total. The number of carbonyl (C=O) groups excluding carboxylic acids is 1. The maximum Gasteiger partial charge on any atom is 0.233 e. The van der Waals surface area contributed by atoms with Crippen molar-refractivity contribution in [3.8, 4) is 5.69 Å². The second-order valence-corrected chi connectivity index (χ2v) is 8.00. The Morgan fingerprint density at radius 2 is 2.15 bits per heavy atom. The maximum atomic E-state index is 12.4. The summed E-state index contributed by atoms with van der Waals surface area (Å²) in [6.45, 7) is 2.54. The molecule has 1 aromatic heterocycles. The van der Waals surface area contributed by atoms with Gasteiger partial charge in [0.25, 0.3) is 0 Å². The Hall–Kier alpha value is -1.86. The first kappa shape index (κ1) is 18.9. The number of thioether (sulfide) groups is 1. The van der Waals surface area contributed by atoms with Gasteiger partial charge in [-0.2, -0.15) is 4.68 Å². The van der Waals surface area contributed by atoms with Gasteiger partial charge >= 0.3 is 0 Å². The average Bonchev–Trinajstić information content (AvgIpc) is 3.11. The summed E-state index contributed by atoms with van der Waals surface area (Å²) >= 11 is 7.26. The molecule has 1 aliphatic carbocycles. The number of benzene rings is 1. The minimum Gasteiger partial charge on any atom is -0.355 e. The molecular formula is C18H22ClN5OS. The third-order valence-corrected chi connectivity index (χ3v) is 5.58. The van der Waals surface area contributed by atoms with Crippen LogP contribution in [-0.2, 0) is 4.79 Å². The van der Waals surface area contributed by atoms with Gasteiger partial charge in [0.05, 0.1) is 10.9 Å². The third-order valence-electron chi connectivity index (χ3n) is 4.29. The van der Waals surface area contributed by atoms with Crippen LogP contribution in [0.15, 0.2) is 41.1 Å². The molecule has 26 heavy (non-hydrogen) atoms. The molecule has 0 fully saturated rings. The SMILES string of the molecule is C[C@H](Sc1nnnn1-c1ccc(Cl)cc1)C(=O)NCCC1=CCCCC1. The summed E-state index contributed by atoms with van der Waals surface area (Å²) in [6.07, 6.45) is 8.13. The summed E-state index contributed by atoms with van der Waals surface area (Å²) in [5.74, 6) is -0.00272. The van der Waals surface area contributed by atoms with Crippen molar-refractivity contribution in [3.05, 3.63) is 40.9 Å². The van der Waals surface area contributed by atoms with E-state index in [0.29, 0.717) is 16.7 Å².